The van der Waals surface area contributed by atoms with E-state index in [9.17, 15) is 9.59 Å². The number of carbonyl (C=O) groups is 2. The van der Waals surface area contributed by atoms with Crippen molar-refractivity contribution >= 4 is 28.8 Å². The minimum atomic E-state index is -0.593. The minimum absolute atomic E-state index is 0.110. The number of allylic oxidation sites excluding steroid dienone is 1. The second kappa shape index (κ2) is 11.2. The molecule has 0 saturated carbocycles. The van der Waals surface area contributed by atoms with Gasteiger partial charge in [-0.15, -0.1) is 0 Å². The first kappa shape index (κ1) is 24.7. The number of nitrogens with zero attached hydrogens (tertiary/aromatic N) is 2. The van der Waals surface area contributed by atoms with E-state index in [2.05, 4.69) is 10.3 Å². The topological polar surface area (TPSA) is 98.7 Å². The number of amidine groups is 1. The number of nitrogens with one attached hydrogen (secondary N) is 1. The Labute approximate surface area is 197 Å². The van der Waals surface area contributed by atoms with Gasteiger partial charge in [-0.3, -0.25) is 4.79 Å². The fourth-order valence-corrected chi connectivity index (χ4v) is 4.65. The van der Waals surface area contributed by atoms with Crippen molar-refractivity contribution in [3.05, 3.63) is 46.1 Å². The molecule has 0 saturated heterocycles. The van der Waals surface area contributed by atoms with Crippen LogP contribution in [-0.2, 0) is 19.1 Å². The molecule has 178 valence electrons. The number of methoxy groups -OCH3 is 3. The van der Waals surface area contributed by atoms with E-state index in [1.54, 1.807) is 34.3 Å². The van der Waals surface area contributed by atoms with Gasteiger partial charge in [-0.1, -0.05) is 11.8 Å². The van der Waals surface area contributed by atoms with E-state index >= 15 is 0 Å². The third kappa shape index (κ3) is 5.33. The number of benzene rings is 1. The number of aliphatic imine (C=N–C) groups is 1. The molecule has 1 amide bonds. The van der Waals surface area contributed by atoms with Gasteiger partial charge in [-0.2, -0.15) is 0 Å². The zero-order valence-electron chi connectivity index (χ0n) is 19.5. The minimum Gasteiger partial charge on any atom is -0.497 e. The first-order valence-corrected chi connectivity index (χ1v) is 11.4. The number of ether oxygens (including phenoxy) is 4. The maximum absolute atomic E-state index is 13.2. The summed E-state index contributed by atoms with van der Waals surface area (Å²) in [6, 6.07) is 4.83. The molecule has 0 aromatic heterocycles. The summed E-state index contributed by atoms with van der Waals surface area (Å²) in [6.07, 6.45) is 0.153. The van der Waals surface area contributed by atoms with E-state index in [0.29, 0.717) is 34.5 Å². The summed E-state index contributed by atoms with van der Waals surface area (Å²) < 4.78 is 21.5. The predicted molar refractivity (Wildman–Crippen MR) is 126 cm³/mol. The van der Waals surface area contributed by atoms with Crippen LogP contribution in [0, 0.1) is 0 Å². The fourth-order valence-electron chi connectivity index (χ4n) is 3.69. The molecule has 10 heteroatoms. The van der Waals surface area contributed by atoms with E-state index < -0.39 is 12.0 Å². The van der Waals surface area contributed by atoms with Gasteiger partial charge in [0.15, 0.2) is 5.17 Å². The van der Waals surface area contributed by atoms with Crippen LogP contribution in [0.15, 0.2) is 45.6 Å². The number of amides is 1. The smallest absolute Gasteiger partial charge is 0.338 e. The monoisotopic (exact) mass is 475 g/mol. The molecular weight excluding hydrogens is 446 g/mol. The van der Waals surface area contributed by atoms with Gasteiger partial charge >= 0.3 is 5.97 Å². The second-order valence-electron chi connectivity index (χ2n) is 7.26. The average Bonchev–Trinajstić information content (AvgIpc) is 3.19. The Morgan fingerprint density at radius 3 is 2.64 bits per heavy atom. The summed E-state index contributed by atoms with van der Waals surface area (Å²) in [7, 11) is 4.68. The molecule has 1 atom stereocenters. The first-order valence-electron chi connectivity index (χ1n) is 10.5. The molecule has 2 heterocycles. The predicted octanol–water partition coefficient (Wildman–Crippen LogP) is 2.99. The maximum Gasteiger partial charge on any atom is 0.338 e. The molecule has 0 radical (unpaired) electrons. The van der Waals surface area contributed by atoms with Crippen LogP contribution in [0.3, 0.4) is 0 Å². The van der Waals surface area contributed by atoms with Gasteiger partial charge in [0.2, 0.25) is 5.91 Å². The number of rotatable bonds is 10. The number of thioether (sulfide) groups is 1. The lowest BCUT2D eigenvalue weighted by Gasteiger charge is -2.36. The zero-order chi connectivity index (χ0) is 24.0. The number of hydrogen-bond donors (Lipinski definition) is 1. The molecule has 1 N–H and O–H groups in total. The van der Waals surface area contributed by atoms with Gasteiger partial charge < -0.3 is 29.2 Å². The molecular formula is C23H29N3O6S. The van der Waals surface area contributed by atoms with E-state index in [-0.39, 0.29) is 25.5 Å². The number of esters is 1. The van der Waals surface area contributed by atoms with Crippen molar-refractivity contribution in [2.75, 3.05) is 41.1 Å². The van der Waals surface area contributed by atoms with Crippen molar-refractivity contribution in [3.8, 4) is 11.5 Å². The van der Waals surface area contributed by atoms with Gasteiger partial charge in [-0.25, -0.2) is 9.79 Å². The standard InChI is InChI=1S/C23H29N3O6S/c1-6-24-19(27)11-15-13-33-23-25-14(2)20(22(28)32-10-9-29-3)21(26(15)23)17-8-7-16(30-4)12-18(17)31-5/h7-8,12-13,21H,6,9-11H2,1-5H3,(H,24,27). The molecule has 2 aliphatic heterocycles. The summed E-state index contributed by atoms with van der Waals surface area (Å²) in [5, 5.41) is 5.40. The SMILES string of the molecule is CCNC(=O)CC1=CSC2=NC(C)=C(C(=O)OCCOC)C(c3ccc(OC)cc3OC)N12. The molecule has 2 aliphatic rings. The summed E-state index contributed by atoms with van der Waals surface area (Å²) in [6.45, 7) is 4.58. The summed E-state index contributed by atoms with van der Waals surface area (Å²) in [5.41, 5.74) is 2.39. The van der Waals surface area contributed by atoms with Crippen LogP contribution in [0.25, 0.3) is 0 Å². The van der Waals surface area contributed by atoms with Crippen LogP contribution in [0.1, 0.15) is 31.9 Å². The van der Waals surface area contributed by atoms with Crippen LogP contribution in [-0.4, -0.2) is 63.0 Å². The second-order valence-corrected chi connectivity index (χ2v) is 8.10. The third-order valence-electron chi connectivity index (χ3n) is 5.19. The number of hydrogen-bond acceptors (Lipinski definition) is 9. The van der Waals surface area contributed by atoms with Crippen molar-refractivity contribution in [1.29, 1.82) is 0 Å². The Morgan fingerprint density at radius 2 is 1.97 bits per heavy atom. The van der Waals surface area contributed by atoms with Crippen molar-refractivity contribution in [3.63, 3.8) is 0 Å². The van der Waals surface area contributed by atoms with Gasteiger partial charge in [0.1, 0.15) is 18.1 Å². The van der Waals surface area contributed by atoms with Crippen molar-refractivity contribution in [2.45, 2.75) is 26.3 Å². The molecule has 0 bridgehead atoms. The van der Waals surface area contributed by atoms with E-state index in [4.69, 9.17) is 18.9 Å². The highest BCUT2D eigenvalue weighted by atomic mass is 32.2. The summed E-state index contributed by atoms with van der Waals surface area (Å²) in [4.78, 5) is 32.2. The molecule has 33 heavy (non-hydrogen) atoms. The highest BCUT2D eigenvalue weighted by Gasteiger charge is 2.42. The first-order chi connectivity index (χ1) is 15.9. The van der Waals surface area contributed by atoms with E-state index in [1.165, 1.54) is 11.8 Å². The van der Waals surface area contributed by atoms with Gasteiger partial charge in [-0.05, 0) is 31.4 Å². The highest BCUT2D eigenvalue weighted by molar-refractivity contribution is 8.16. The maximum atomic E-state index is 13.2. The molecule has 9 nitrogen and oxygen atoms in total. The quantitative estimate of drug-likeness (QED) is 0.407. The molecule has 1 unspecified atom stereocenters. The normalized spacial score (nSPS) is 17.2. The largest absolute Gasteiger partial charge is 0.497 e. The zero-order valence-corrected chi connectivity index (χ0v) is 20.3. The Balaban J connectivity index is 2.09. The number of carbonyl (C=O) groups excluding carboxylic acids is 2. The van der Waals surface area contributed by atoms with Crippen LogP contribution in [0.4, 0.5) is 0 Å². The lowest BCUT2D eigenvalue weighted by Crippen LogP contribution is -2.38. The Kier molecular flexibility index (Phi) is 8.40. The molecule has 1 aromatic rings. The lowest BCUT2D eigenvalue weighted by molar-refractivity contribution is -0.141. The molecule has 0 spiro atoms. The van der Waals surface area contributed by atoms with E-state index in [0.717, 1.165) is 11.3 Å². The molecule has 3 rings (SSSR count). The Bertz CT molecular complexity index is 1000. The summed E-state index contributed by atoms with van der Waals surface area (Å²) in [5.74, 6) is 0.565. The highest BCUT2D eigenvalue weighted by Crippen LogP contribution is 2.47. The van der Waals surface area contributed by atoms with Crippen LogP contribution in [0.5, 0.6) is 11.5 Å². The Morgan fingerprint density at radius 1 is 1.18 bits per heavy atom. The van der Waals surface area contributed by atoms with Crippen LogP contribution >= 0.6 is 11.8 Å². The third-order valence-corrected chi connectivity index (χ3v) is 6.08. The van der Waals surface area contributed by atoms with Gasteiger partial charge in [0, 0.05) is 31.0 Å². The Hall–Kier alpha value is -2.98. The average molecular weight is 476 g/mol. The van der Waals surface area contributed by atoms with Crippen molar-refractivity contribution in [1.82, 2.24) is 10.2 Å². The van der Waals surface area contributed by atoms with Gasteiger partial charge in [0.05, 0.1) is 44.6 Å². The molecule has 0 fully saturated rings. The van der Waals surface area contributed by atoms with Crippen molar-refractivity contribution in [2.24, 2.45) is 4.99 Å². The van der Waals surface area contributed by atoms with Crippen LogP contribution in [0.2, 0.25) is 0 Å². The molecule has 1 aromatic carbocycles. The van der Waals surface area contributed by atoms with Crippen LogP contribution < -0.4 is 14.8 Å². The van der Waals surface area contributed by atoms with E-state index in [1.807, 2.05) is 29.4 Å². The fraction of sp³-hybridized carbons (Fsp3) is 0.435. The van der Waals surface area contributed by atoms with Crippen molar-refractivity contribution < 1.29 is 28.5 Å². The molecule has 0 aliphatic carbocycles. The number of fused-ring (bicyclic) bond motifs is 1. The lowest BCUT2D eigenvalue weighted by atomic mass is 9.93. The summed E-state index contributed by atoms with van der Waals surface area (Å²) >= 11 is 1.42. The van der Waals surface area contributed by atoms with Gasteiger partial charge in [0.25, 0.3) is 0 Å².